The van der Waals surface area contributed by atoms with Gasteiger partial charge in [0.2, 0.25) is 0 Å². The van der Waals surface area contributed by atoms with Gasteiger partial charge in [0, 0.05) is 24.7 Å². The van der Waals surface area contributed by atoms with Crippen LogP contribution < -0.4 is 15.4 Å². The first-order valence-corrected chi connectivity index (χ1v) is 7.52. The molecule has 108 valence electrons. The molecule has 1 aromatic carbocycles. The first-order chi connectivity index (χ1) is 9.81. The minimum atomic E-state index is -0.0261. The third kappa shape index (κ3) is 4.23. The van der Waals surface area contributed by atoms with E-state index >= 15 is 0 Å². The molecule has 0 heterocycles. The number of nitrogens with one attached hydrogen (secondary N) is 2. The van der Waals surface area contributed by atoms with Crippen LogP contribution in [0.4, 0.5) is 0 Å². The van der Waals surface area contributed by atoms with Crippen LogP contribution in [0.15, 0.2) is 24.3 Å². The Bertz CT molecular complexity index is 467. The van der Waals surface area contributed by atoms with Crippen molar-refractivity contribution in [3.05, 3.63) is 29.8 Å². The van der Waals surface area contributed by atoms with Crippen molar-refractivity contribution in [1.29, 1.82) is 0 Å². The highest BCUT2D eigenvalue weighted by Gasteiger charge is 2.22. The van der Waals surface area contributed by atoms with E-state index < -0.39 is 0 Å². The van der Waals surface area contributed by atoms with Gasteiger partial charge in [0.05, 0.1) is 0 Å². The van der Waals surface area contributed by atoms with Crippen LogP contribution in [0.25, 0.3) is 0 Å². The molecule has 2 N–H and O–H groups in total. The summed E-state index contributed by atoms with van der Waals surface area (Å²) >= 11 is 0. The third-order valence-electron chi connectivity index (χ3n) is 3.77. The van der Waals surface area contributed by atoms with Crippen LogP contribution in [-0.4, -0.2) is 25.1 Å². The molecular formula is C16H22N2O2. The first kappa shape index (κ1) is 13.4. The quantitative estimate of drug-likeness (QED) is 0.760. The molecule has 2 aliphatic carbocycles. The molecule has 0 unspecified atom stereocenters. The predicted molar refractivity (Wildman–Crippen MR) is 77.5 cm³/mol. The fourth-order valence-corrected chi connectivity index (χ4v) is 2.11. The van der Waals surface area contributed by atoms with Gasteiger partial charge in [-0.2, -0.15) is 0 Å². The van der Waals surface area contributed by atoms with Crippen molar-refractivity contribution in [3.8, 4) is 5.75 Å². The molecule has 4 nitrogen and oxygen atoms in total. The summed E-state index contributed by atoms with van der Waals surface area (Å²) in [5.41, 5.74) is 1.12. The van der Waals surface area contributed by atoms with Crippen LogP contribution in [0.2, 0.25) is 0 Å². The zero-order valence-electron chi connectivity index (χ0n) is 11.7. The monoisotopic (exact) mass is 274 g/mol. The lowest BCUT2D eigenvalue weighted by Crippen LogP contribution is -2.30. The number of hydrogen-bond acceptors (Lipinski definition) is 3. The molecule has 0 bridgehead atoms. The standard InChI is InChI=1S/C16H22N2O2/c19-16(18-9-12-5-6-12)11-20-15-4-2-1-3-13(15)10-17-14-7-8-14/h1-4,12,14,17H,5-11H2,(H,18,19). The van der Waals surface area contributed by atoms with Gasteiger partial charge < -0.3 is 15.4 Å². The van der Waals surface area contributed by atoms with Crippen molar-refractivity contribution in [2.45, 2.75) is 38.3 Å². The van der Waals surface area contributed by atoms with Gasteiger partial charge >= 0.3 is 0 Å². The van der Waals surface area contributed by atoms with Crippen LogP contribution in [-0.2, 0) is 11.3 Å². The van der Waals surface area contributed by atoms with Gasteiger partial charge in [-0.1, -0.05) is 18.2 Å². The van der Waals surface area contributed by atoms with E-state index in [1.54, 1.807) is 0 Å². The number of hydrogen-bond donors (Lipinski definition) is 2. The van der Waals surface area contributed by atoms with E-state index in [0.29, 0.717) is 12.0 Å². The molecule has 0 radical (unpaired) electrons. The molecule has 2 fully saturated rings. The Hall–Kier alpha value is -1.55. The molecule has 3 rings (SSSR count). The molecule has 4 heteroatoms. The molecule has 1 aromatic rings. The Morgan fingerprint density at radius 1 is 1.20 bits per heavy atom. The van der Waals surface area contributed by atoms with E-state index in [2.05, 4.69) is 10.6 Å². The van der Waals surface area contributed by atoms with E-state index in [9.17, 15) is 4.79 Å². The maximum Gasteiger partial charge on any atom is 0.257 e. The van der Waals surface area contributed by atoms with E-state index in [-0.39, 0.29) is 12.5 Å². The van der Waals surface area contributed by atoms with Crippen LogP contribution in [0.1, 0.15) is 31.2 Å². The molecule has 2 saturated carbocycles. The van der Waals surface area contributed by atoms with Gasteiger partial charge in [0.1, 0.15) is 5.75 Å². The summed E-state index contributed by atoms with van der Waals surface area (Å²) in [7, 11) is 0. The van der Waals surface area contributed by atoms with Crippen LogP contribution in [0.5, 0.6) is 5.75 Å². The van der Waals surface area contributed by atoms with E-state index in [4.69, 9.17) is 4.74 Å². The summed E-state index contributed by atoms with van der Waals surface area (Å²) in [6.07, 6.45) is 5.03. The fourth-order valence-electron chi connectivity index (χ4n) is 2.11. The number of ether oxygens (including phenoxy) is 1. The summed E-state index contributed by atoms with van der Waals surface area (Å²) in [4.78, 5) is 11.7. The van der Waals surface area contributed by atoms with Crippen LogP contribution in [0.3, 0.4) is 0 Å². The highest BCUT2D eigenvalue weighted by Crippen LogP contribution is 2.27. The number of para-hydroxylation sites is 1. The Labute approximate surface area is 119 Å². The fraction of sp³-hybridized carbons (Fsp3) is 0.562. The van der Waals surface area contributed by atoms with Crippen LogP contribution in [0, 0.1) is 5.92 Å². The maximum atomic E-state index is 11.7. The topological polar surface area (TPSA) is 50.4 Å². The Kier molecular flexibility index (Phi) is 4.21. The zero-order chi connectivity index (χ0) is 13.8. The second kappa shape index (κ2) is 6.27. The number of amides is 1. The lowest BCUT2D eigenvalue weighted by Gasteiger charge is -2.12. The Morgan fingerprint density at radius 2 is 2.00 bits per heavy atom. The van der Waals surface area contributed by atoms with Gasteiger partial charge in [-0.05, 0) is 37.7 Å². The lowest BCUT2D eigenvalue weighted by molar-refractivity contribution is -0.123. The Balaban J connectivity index is 1.46. The van der Waals surface area contributed by atoms with Gasteiger partial charge in [0.25, 0.3) is 5.91 Å². The summed E-state index contributed by atoms with van der Waals surface area (Å²) in [6, 6.07) is 8.59. The SMILES string of the molecule is O=C(COc1ccccc1CNC1CC1)NCC1CC1. The van der Waals surface area contributed by atoms with Gasteiger partial charge in [-0.25, -0.2) is 0 Å². The van der Waals surface area contributed by atoms with E-state index in [1.807, 2.05) is 24.3 Å². The highest BCUT2D eigenvalue weighted by atomic mass is 16.5. The first-order valence-electron chi connectivity index (χ1n) is 7.52. The van der Waals surface area contributed by atoms with Crippen molar-refractivity contribution < 1.29 is 9.53 Å². The molecule has 0 aliphatic heterocycles. The molecule has 0 spiro atoms. The Morgan fingerprint density at radius 3 is 2.75 bits per heavy atom. The number of benzene rings is 1. The largest absolute Gasteiger partial charge is 0.483 e. The third-order valence-corrected chi connectivity index (χ3v) is 3.77. The van der Waals surface area contributed by atoms with Gasteiger partial charge in [0.15, 0.2) is 6.61 Å². The normalized spacial score (nSPS) is 17.8. The highest BCUT2D eigenvalue weighted by molar-refractivity contribution is 5.77. The molecule has 2 aliphatic rings. The lowest BCUT2D eigenvalue weighted by atomic mass is 10.2. The average molecular weight is 274 g/mol. The second-order valence-electron chi connectivity index (χ2n) is 5.80. The van der Waals surface area contributed by atoms with Gasteiger partial charge in [-0.15, -0.1) is 0 Å². The number of carbonyl (C=O) groups excluding carboxylic acids is 1. The summed E-state index contributed by atoms with van der Waals surface area (Å²) < 4.78 is 5.65. The maximum absolute atomic E-state index is 11.7. The van der Waals surface area contributed by atoms with Crippen molar-refractivity contribution in [3.63, 3.8) is 0 Å². The van der Waals surface area contributed by atoms with Crippen molar-refractivity contribution in [2.24, 2.45) is 5.92 Å². The summed E-state index contributed by atoms with van der Waals surface area (Å²) in [5.74, 6) is 1.48. The van der Waals surface area contributed by atoms with E-state index in [0.717, 1.165) is 24.4 Å². The minimum absolute atomic E-state index is 0.0261. The molecular weight excluding hydrogens is 252 g/mol. The van der Waals surface area contributed by atoms with Gasteiger partial charge in [-0.3, -0.25) is 4.79 Å². The van der Waals surface area contributed by atoms with Crippen molar-refractivity contribution in [1.82, 2.24) is 10.6 Å². The second-order valence-corrected chi connectivity index (χ2v) is 5.80. The molecule has 1 amide bonds. The molecule has 0 aromatic heterocycles. The van der Waals surface area contributed by atoms with Crippen molar-refractivity contribution >= 4 is 5.91 Å². The number of carbonyl (C=O) groups is 1. The minimum Gasteiger partial charge on any atom is -0.483 e. The predicted octanol–water partition coefficient (Wildman–Crippen LogP) is 1.84. The van der Waals surface area contributed by atoms with E-state index in [1.165, 1.54) is 25.7 Å². The number of rotatable bonds is 8. The summed E-state index contributed by atoms with van der Waals surface area (Å²) in [5, 5.41) is 6.38. The van der Waals surface area contributed by atoms with Crippen LogP contribution >= 0.6 is 0 Å². The zero-order valence-corrected chi connectivity index (χ0v) is 11.7. The average Bonchev–Trinajstić information content (AvgIpc) is 3.36. The summed E-state index contributed by atoms with van der Waals surface area (Å²) in [6.45, 7) is 1.71. The smallest absolute Gasteiger partial charge is 0.257 e. The molecule has 20 heavy (non-hydrogen) atoms. The van der Waals surface area contributed by atoms with Crippen molar-refractivity contribution in [2.75, 3.05) is 13.2 Å². The molecule has 0 saturated heterocycles. The molecule has 0 atom stereocenters.